The average Bonchev–Trinajstić information content (AvgIpc) is 3.10. The van der Waals surface area contributed by atoms with E-state index in [1.165, 1.54) is 16.9 Å². The number of nitrogens with zero attached hydrogens (tertiary/aromatic N) is 2. The van der Waals surface area contributed by atoms with Crippen molar-refractivity contribution in [1.29, 1.82) is 0 Å². The van der Waals surface area contributed by atoms with Crippen molar-refractivity contribution >= 4 is 22.9 Å². The standard InChI is InChI=1S/C23H30N2O2S/c1-23(2,3)17-7-8-20-16(13-17)14-21(28-20)22(27)25-11-9-24(10-12-25)18-5-4-6-19(26)15-18/h4-6,14-15,17,26H,7-13H2,1-3H3. The van der Waals surface area contributed by atoms with Crippen LogP contribution in [0.4, 0.5) is 5.69 Å². The first kappa shape index (κ1) is 19.3. The lowest BCUT2D eigenvalue weighted by Crippen LogP contribution is -2.48. The number of aryl methyl sites for hydroxylation is 1. The van der Waals surface area contributed by atoms with E-state index in [4.69, 9.17) is 0 Å². The molecule has 1 saturated heterocycles. The van der Waals surface area contributed by atoms with Gasteiger partial charge in [-0.2, -0.15) is 0 Å². The largest absolute Gasteiger partial charge is 0.508 e. The second-order valence-corrected chi connectivity index (χ2v) is 10.3. The predicted octanol–water partition coefficient (Wildman–Crippen LogP) is 4.57. The van der Waals surface area contributed by atoms with Crippen molar-refractivity contribution in [2.24, 2.45) is 11.3 Å². The number of rotatable bonds is 2. The van der Waals surface area contributed by atoms with E-state index in [9.17, 15) is 9.90 Å². The third-order valence-electron chi connectivity index (χ3n) is 6.28. The van der Waals surface area contributed by atoms with Crippen LogP contribution in [-0.2, 0) is 12.8 Å². The van der Waals surface area contributed by atoms with Gasteiger partial charge in [0.15, 0.2) is 0 Å². The summed E-state index contributed by atoms with van der Waals surface area (Å²) >= 11 is 1.71. The molecule has 0 spiro atoms. The molecule has 1 aliphatic heterocycles. The van der Waals surface area contributed by atoms with Gasteiger partial charge in [-0.3, -0.25) is 4.79 Å². The molecule has 0 bridgehead atoms. The van der Waals surface area contributed by atoms with E-state index in [1.54, 1.807) is 23.5 Å². The minimum absolute atomic E-state index is 0.183. The average molecular weight is 399 g/mol. The normalized spacial score (nSPS) is 20.2. The van der Waals surface area contributed by atoms with E-state index in [1.807, 2.05) is 17.0 Å². The Hall–Kier alpha value is -2.01. The lowest BCUT2D eigenvalue weighted by molar-refractivity contribution is 0.0751. The third-order valence-corrected chi connectivity index (χ3v) is 7.51. The van der Waals surface area contributed by atoms with Crippen molar-refractivity contribution in [3.05, 3.63) is 45.6 Å². The highest BCUT2D eigenvalue weighted by molar-refractivity contribution is 7.14. The maximum atomic E-state index is 13.1. The van der Waals surface area contributed by atoms with Crippen LogP contribution in [0, 0.1) is 11.3 Å². The highest BCUT2D eigenvalue weighted by Gasteiger charge is 2.31. The molecule has 2 aliphatic rings. The number of carbonyl (C=O) groups is 1. The van der Waals surface area contributed by atoms with Crippen molar-refractivity contribution in [3.63, 3.8) is 0 Å². The molecule has 2 aromatic rings. The molecule has 28 heavy (non-hydrogen) atoms. The van der Waals surface area contributed by atoms with Crippen molar-refractivity contribution in [2.45, 2.75) is 40.0 Å². The van der Waals surface area contributed by atoms with E-state index in [2.05, 4.69) is 31.7 Å². The maximum absolute atomic E-state index is 13.1. The summed E-state index contributed by atoms with van der Waals surface area (Å²) in [6.07, 6.45) is 3.45. The van der Waals surface area contributed by atoms with Crippen LogP contribution in [0.5, 0.6) is 5.75 Å². The Morgan fingerprint density at radius 3 is 2.57 bits per heavy atom. The molecule has 1 N–H and O–H groups in total. The van der Waals surface area contributed by atoms with E-state index in [-0.39, 0.29) is 11.7 Å². The van der Waals surface area contributed by atoms with Crippen LogP contribution in [0.1, 0.15) is 47.3 Å². The molecule has 4 nitrogen and oxygen atoms in total. The third kappa shape index (κ3) is 3.90. The molecule has 0 radical (unpaired) electrons. The molecular weight excluding hydrogens is 368 g/mol. The molecule has 150 valence electrons. The fourth-order valence-electron chi connectivity index (χ4n) is 4.38. The quantitative estimate of drug-likeness (QED) is 0.806. The molecule has 4 rings (SSSR count). The fourth-order valence-corrected chi connectivity index (χ4v) is 5.56. The van der Waals surface area contributed by atoms with Crippen LogP contribution in [0.25, 0.3) is 0 Å². The number of fused-ring (bicyclic) bond motifs is 1. The van der Waals surface area contributed by atoms with Crippen LogP contribution >= 0.6 is 11.3 Å². The van der Waals surface area contributed by atoms with Crippen molar-refractivity contribution in [3.8, 4) is 5.75 Å². The monoisotopic (exact) mass is 398 g/mol. The van der Waals surface area contributed by atoms with Crippen LogP contribution in [0.15, 0.2) is 30.3 Å². The van der Waals surface area contributed by atoms with Crippen molar-refractivity contribution < 1.29 is 9.90 Å². The number of carbonyl (C=O) groups excluding carboxylic acids is 1. The number of anilines is 1. The summed E-state index contributed by atoms with van der Waals surface area (Å²) in [4.78, 5) is 19.6. The van der Waals surface area contributed by atoms with Gasteiger partial charge in [-0.15, -0.1) is 11.3 Å². The minimum atomic E-state index is 0.183. The topological polar surface area (TPSA) is 43.8 Å². The number of thiophene rings is 1. The van der Waals surface area contributed by atoms with Gasteiger partial charge in [-0.25, -0.2) is 0 Å². The SMILES string of the molecule is CC(C)(C)C1CCc2sc(C(=O)N3CCN(c4cccc(O)c4)CC3)cc2C1. The van der Waals surface area contributed by atoms with Crippen LogP contribution in [-0.4, -0.2) is 42.1 Å². The number of hydrogen-bond acceptors (Lipinski definition) is 4. The Bertz CT molecular complexity index is 860. The number of amides is 1. The minimum Gasteiger partial charge on any atom is -0.508 e. The summed E-state index contributed by atoms with van der Waals surface area (Å²) in [5.41, 5.74) is 2.75. The summed E-state index contributed by atoms with van der Waals surface area (Å²) in [7, 11) is 0. The van der Waals surface area contributed by atoms with Gasteiger partial charge in [-0.1, -0.05) is 26.8 Å². The Labute approximate surface area is 171 Å². The number of piperazine rings is 1. The smallest absolute Gasteiger partial charge is 0.264 e. The molecule has 1 fully saturated rings. The predicted molar refractivity (Wildman–Crippen MR) is 116 cm³/mol. The summed E-state index contributed by atoms with van der Waals surface area (Å²) < 4.78 is 0. The van der Waals surface area contributed by atoms with Crippen molar-refractivity contribution in [2.75, 3.05) is 31.1 Å². The molecule has 1 aromatic carbocycles. The molecule has 1 amide bonds. The van der Waals surface area contributed by atoms with Crippen LogP contribution in [0.3, 0.4) is 0 Å². The number of aromatic hydroxyl groups is 1. The molecule has 2 heterocycles. The highest BCUT2D eigenvalue weighted by Crippen LogP contribution is 2.40. The fraction of sp³-hybridized carbons (Fsp3) is 0.522. The van der Waals surface area contributed by atoms with Gasteiger partial charge in [0.05, 0.1) is 4.88 Å². The molecule has 1 unspecified atom stereocenters. The molecule has 1 atom stereocenters. The lowest BCUT2D eigenvalue weighted by atomic mass is 9.72. The second-order valence-electron chi connectivity index (χ2n) is 9.16. The zero-order chi connectivity index (χ0) is 19.9. The van der Waals surface area contributed by atoms with Gasteiger partial charge in [0.1, 0.15) is 5.75 Å². The summed E-state index contributed by atoms with van der Waals surface area (Å²) in [6, 6.07) is 9.52. The first-order valence-corrected chi connectivity index (χ1v) is 11.1. The first-order valence-electron chi connectivity index (χ1n) is 10.3. The zero-order valence-electron chi connectivity index (χ0n) is 17.1. The molecule has 1 aromatic heterocycles. The van der Waals surface area contributed by atoms with Gasteiger partial charge < -0.3 is 14.9 Å². The number of benzene rings is 1. The van der Waals surface area contributed by atoms with E-state index >= 15 is 0 Å². The Morgan fingerprint density at radius 2 is 1.89 bits per heavy atom. The van der Waals surface area contributed by atoms with Gasteiger partial charge in [-0.05, 0) is 54.4 Å². The highest BCUT2D eigenvalue weighted by atomic mass is 32.1. The summed E-state index contributed by atoms with van der Waals surface area (Å²) in [6.45, 7) is 10.0. The van der Waals surface area contributed by atoms with Gasteiger partial charge in [0.25, 0.3) is 5.91 Å². The van der Waals surface area contributed by atoms with E-state index in [0.717, 1.165) is 49.6 Å². The zero-order valence-corrected chi connectivity index (χ0v) is 17.9. The Balaban J connectivity index is 1.41. The van der Waals surface area contributed by atoms with Gasteiger partial charge in [0, 0.05) is 42.8 Å². The number of phenolic OH excluding ortho intramolecular Hbond substituents is 1. The maximum Gasteiger partial charge on any atom is 0.264 e. The Morgan fingerprint density at radius 1 is 1.14 bits per heavy atom. The van der Waals surface area contributed by atoms with E-state index in [0.29, 0.717) is 11.3 Å². The second kappa shape index (κ2) is 7.43. The molecule has 5 heteroatoms. The summed E-state index contributed by atoms with van der Waals surface area (Å²) in [5.74, 6) is 1.17. The van der Waals surface area contributed by atoms with Crippen LogP contribution in [0.2, 0.25) is 0 Å². The molecular formula is C23H30N2O2S. The first-order chi connectivity index (χ1) is 13.3. The molecule has 0 saturated carbocycles. The Kier molecular flexibility index (Phi) is 5.13. The van der Waals surface area contributed by atoms with Crippen LogP contribution < -0.4 is 4.90 Å². The number of hydrogen-bond donors (Lipinski definition) is 1. The van der Waals surface area contributed by atoms with Crippen molar-refractivity contribution in [1.82, 2.24) is 4.90 Å². The molecule has 1 aliphatic carbocycles. The van der Waals surface area contributed by atoms with Gasteiger partial charge >= 0.3 is 0 Å². The van der Waals surface area contributed by atoms with E-state index < -0.39 is 0 Å². The lowest BCUT2D eigenvalue weighted by Gasteiger charge is -2.36. The number of phenols is 1. The summed E-state index contributed by atoms with van der Waals surface area (Å²) in [5, 5.41) is 9.69. The van der Waals surface area contributed by atoms with Gasteiger partial charge in [0.2, 0.25) is 0 Å².